The van der Waals surface area contributed by atoms with Crippen molar-refractivity contribution in [2.45, 2.75) is 51.4 Å². The molecule has 2 bridgehead atoms. The van der Waals surface area contributed by atoms with Crippen LogP contribution in [0.15, 0.2) is 11.6 Å². The first-order valence-electron chi connectivity index (χ1n) is 7.13. The molecule has 3 heteroatoms. The molecule has 2 heterocycles. The molecule has 3 fully saturated rings. The van der Waals surface area contributed by atoms with E-state index in [2.05, 4.69) is 19.9 Å². The van der Waals surface area contributed by atoms with Crippen LogP contribution in [0.25, 0.3) is 0 Å². The lowest BCUT2D eigenvalue weighted by Crippen LogP contribution is -2.61. The van der Waals surface area contributed by atoms with E-state index in [-0.39, 0.29) is 16.9 Å². The summed E-state index contributed by atoms with van der Waals surface area (Å²) >= 11 is 0. The van der Waals surface area contributed by atoms with Crippen molar-refractivity contribution in [2.75, 3.05) is 13.2 Å². The highest BCUT2D eigenvalue weighted by atomic mass is 16.6. The minimum atomic E-state index is -0.876. The first-order valence-corrected chi connectivity index (χ1v) is 7.13. The molecule has 2 aliphatic heterocycles. The SMILES string of the molecule is CC1=CC2OCC3CC4(O)CC3(C)[C@]2(CC1)CO4. The Morgan fingerprint density at radius 2 is 2.28 bits per heavy atom. The average Bonchev–Trinajstić information content (AvgIpc) is 2.58. The van der Waals surface area contributed by atoms with Crippen molar-refractivity contribution in [3.8, 4) is 0 Å². The van der Waals surface area contributed by atoms with E-state index in [0.29, 0.717) is 12.5 Å². The summed E-state index contributed by atoms with van der Waals surface area (Å²) < 4.78 is 12.0. The maximum absolute atomic E-state index is 10.5. The Bertz CT molecular complexity index is 431. The standard InChI is InChI=1S/C15H22O3/c1-10-3-4-14-9-18-15(16)6-11(13(14,2)8-15)7-17-12(14)5-10/h5,11-12,16H,3-4,6-9H2,1-2H3/t11?,12?,13?,14-,15?/m1/s1. The fraction of sp³-hybridized carbons (Fsp3) is 0.867. The summed E-state index contributed by atoms with van der Waals surface area (Å²) in [4.78, 5) is 0. The predicted octanol–water partition coefficient (Wildman–Crippen LogP) is 2.25. The van der Waals surface area contributed by atoms with Crippen LogP contribution in [-0.4, -0.2) is 30.2 Å². The topological polar surface area (TPSA) is 38.7 Å². The highest BCUT2D eigenvalue weighted by Crippen LogP contribution is 2.68. The summed E-state index contributed by atoms with van der Waals surface area (Å²) in [7, 11) is 0. The van der Waals surface area contributed by atoms with Gasteiger partial charge in [0.05, 0.1) is 19.3 Å². The molecule has 4 aliphatic rings. The van der Waals surface area contributed by atoms with Gasteiger partial charge in [0.1, 0.15) is 0 Å². The third-order valence-corrected chi connectivity index (χ3v) is 6.27. The van der Waals surface area contributed by atoms with Gasteiger partial charge in [0.25, 0.3) is 0 Å². The molecular weight excluding hydrogens is 228 g/mol. The molecule has 3 nitrogen and oxygen atoms in total. The van der Waals surface area contributed by atoms with Gasteiger partial charge in [0.15, 0.2) is 5.79 Å². The van der Waals surface area contributed by atoms with E-state index in [0.717, 1.165) is 32.3 Å². The second kappa shape index (κ2) is 3.20. The summed E-state index contributed by atoms with van der Waals surface area (Å²) in [5, 5.41) is 10.5. The summed E-state index contributed by atoms with van der Waals surface area (Å²) in [6.07, 6.45) is 6.32. The van der Waals surface area contributed by atoms with Gasteiger partial charge in [-0.25, -0.2) is 0 Å². The van der Waals surface area contributed by atoms with E-state index >= 15 is 0 Å². The number of allylic oxidation sites excluding steroid dienone is 1. The second-order valence-corrected chi connectivity index (χ2v) is 7.15. The maximum atomic E-state index is 10.5. The molecule has 4 unspecified atom stereocenters. The molecule has 0 aromatic heterocycles. The lowest BCUT2D eigenvalue weighted by molar-refractivity contribution is -0.285. The van der Waals surface area contributed by atoms with Crippen molar-refractivity contribution < 1.29 is 14.6 Å². The number of ether oxygens (including phenoxy) is 2. The third-order valence-electron chi connectivity index (χ3n) is 6.27. The largest absolute Gasteiger partial charge is 0.373 e. The first kappa shape index (κ1) is 11.4. The minimum absolute atomic E-state index is 0.0954. The Balaban J connectivity index is 1.83. The van der Waals surface area contributed by atoms with Crippen LogP contribution in [0.1, 0.15) is 39.5 Å². The van der Waals surface area contributed by atoms with E-state index in [1.165, 1.54) is 5.57 Å². The quantitative estimate of drug-likeness (QED) is 0.670. The van der Waals surface area contributed by atoms with E-state index in [1.54, 1.807) is 0 Å². The predicted molar refractivity (Wildman–Crippen MR) is 66.9 cm³/mol. The first-order chi connectivity index (χ1) is 8.48. The van der Waals surface area contributed by atoms with Crippen molar-refractivity contribution in [3.05, 3.63) is 11.6 Å². The number of hydrogen-bond acceptors (Lipinski definition) is 3. The number of aliphatic hydroxyl groups is 1. The lowest BCUT2D eigenvalue weighted by Gasteiger charge is -2.59. The minimum Gasteiger partial charge on any atom is -0.373 e. The van der Waals surface area contributed by atoms with Crippen LogP contribution in [0.2, 0.25) is 0 Å². The Morgan fingerprint density at radius 3 is 3.11 bits per heavy atom. The van der Waals surface area contributed by atoms with E-state index in [1.807, 2.05) is 0 Å². The van der Waals surface area contributed by atoms with Crippen LogP contribution < -0.4 is 0 Å². The van der Waals surface area contributed by atoms with Gasteiger partial charge in [-0.3, -0.25) is 0 Å². The van der Waals surface area contributed by atoms with Gasteiger partial charge in [-0.1, -0.05) is 18.6 Å². The molecule has 0 amide bonds. The van der Waals surface area contributed by atoms with Crippen molar-refractivity contribution in [2.24, 2.45) is 16.7 Å². The highest BCUT2D eigenvalue weighted by Gasteiger charge is 2.69. The van der Waals surface area contributed by atoms with Crippen molar-refractivity contribution >= 4 is 0 Å². The van der Waals surface area contributed by atoms with Gasteiger partial charge in [-0.2, -0.15) is 0 Å². The lowest BCUT2D eigenvalue weighted by atomic mass is 9.52. The molecule has 0 aromatic rings. The third kappa shape index (κ3) is 1.16. The second-order valence-electron chi connectivity index (χ2n) is 7.15. The molecule has 1 spiro atoms. The van der Waals surface area contributed by atoms with E-state index < -0.39 is 5.79 Å². The van der Waals surface area contributed by atoms with Crippen LogP contribution in [0, 0.1) is 16.7 Å². The molecule has 5 atom stereocenters. The number of rotatable bonds is 0. The monoisotopic (exact) mass is 250 g/mol. The zero-order valence-corrected chi connectivity index (χ0v) is 11.2. The molecule has 2 aliphatic carbocycles. The van der Waals surface area contributed by atoms with Crippen molar-refractivity contribution in [3.63, 3.8) is 0 Å². The van der Waals surface area contributed by atoms with Gasteiger partial charge in [-0.15, -0.1) is 0 Å². The van der Waals surface area contributed by atoms with Crippen molar-refractivity contribution in [1.29, 1.82) is 0 Å². The van der Waals surface area contributed by atoms with Gasteiger partial charge in [-0.05, 0) is 31.1 Å². The maximum Gasteiger partial charge on any atom is 0.166 e. The number of fused-ring (bicyclic) bond motifs is 1. The zero-order chi connectivity index (χ0) is 12.6. The molecule has 1 N–H and O–H groups in total. The molecule has 2 saturated heterocycles. The van der Waals surface area contributed by atoms with Gasteiger partial charge < -0.3 is 14.6 Å². The molecule has 4 rings (SSSR count). The highest BCUT2D eigenvalue weighted by molar-refractivity contribution is 5.23. The van der Waals surface area contributed by atoms with Crippen LogP contribution in [-0.2, 0) is 9.47 Å². The molecule has 18 heavy (non-hydrogen) atoms. The van der Waals surface area contributed by atoms with Gasteiger partial charge >= 0.3 is 0 Å². The Hall–Kier alpha value is -0.380. The molecule has 0 radical (unpaired) electrons. The van der Waals surface area contributed by atoms with Crippen molar-refractivity contribution in [1.82, 2.24) is 0 Å². The van der Waals surface area contributed by atoms with Crippen LogP contribution in [0.5, 0.6) is 0 Å². The molecule has 0 aromatic carbocycles. The molecule has 100 valence electrons. The fourth-order valence-corrected chi connectivity index (χ4v) is 5.02. The summed E-state index contributed by atoms with van der Waals surface area (Å²) in [5.74, 6) is -0.424. The van der Waals surface area contributed by atoms with Gasteiger partial charge in [0, 0.05) is 18.3 Å². The Kier molecular flexibility index (Phi) is 2.03. The summed E-state index contributed by atoms with van der Waals surface area (Å²) in [6.45, 7) is 5.99. The van der Waals surface area contributed by atoms with Crippen LogP contribution >= 0.6 is 0 Å². The number of hydrogen-bond donors (Lipinski definition) is 1. The summed E-state index contributed by atoms with van der Waals surface area (Å²) in [5.41, 5.74) is 1.71. The zero-order valence-electron chi connectivity index (χ0n) is 11.2. The van der Waals surface area contributed by atoms with E-state index in [9.17, 15) is 5.11 Å². The summed E-state index contributed by atoms with van der Waals surface area (Å²) in [6, 6.07) is 0. The Morgan fingerprint density at radius 1 is 1.44 bits per heavy atom. The van der Waals surface area contributed by atoms with E-state index in [4.69, 9.17) is 9.47 Å². The smallest absolute Gasteiger partial charge is 0.166 e. The molecular formula is C15H22O3. The molecule has 1 saturated carbocycles. The average molecular weight is 250 g/mol. The Labute approximate surface area is 108 Å². The van der Waals surface area contributed by atoms with Crippen LogP contribution in [0.4, 0.5) is 0 Å². The van der Waals surface area contributed by atoms with Crippen LogP contribution in [0.3, 0.4) is 0 Å². The fourth-order valence-electron chi connectivity index (χ4n) is 5.02. The van der Waals surface area contributed by atoms with Gasteiger partial charge in [0.2, 0.25) is 0 Å². The normalized spacial score (nSPS) is 58.1.